The Bertz CT molecular complexity index is 883. The standard InChI is InChI=1S/C22H21F5O/c1-2-3-4-5-14-6-9-17(19(23)12-14)15-7-10-18-16(13-15)8-11-20(21(18)24)28-22(25,26)27/h6-9,11-12H,2-5,10,13H2,1H3. The van der Waals surface area contributed by atoms with Crippen molar-refractivity contribution in [1.29, 1.82) is 0 Å². The predicted octanol–water partition coefficient (Wildman–Crippen LogP) is 6.78. The van der Waals surface area contributed by atoms with Crippen molar-refractivity contribution in [1.82, 2.24) is 0 Å². The van der Waals surface area contributed by atoms with E-state index < -0.39 is 17.9 Å². The first-order chi connectivity index (χ1) is 13.3. The number of alkyl halides is 3. The van der Waals surface area contributed by atoms with E-state index in [1.807, 2.05) is 6.07 Å². The zero-order chi connectivity index (χ0) is 20.3. The minimum absolute atomic E-state index is 0.0866. The van der Waals surface area contributed by atoms with Gasteiger partial charge < -0.3 is 4.74 Å². The monoisotopic (exact) mass is 396 g/mol. The van der Waals surface area contributed by atoms with E-state index >= 15 is 0 Å². The van der Waals surface area contributed by atoms with E-state index in [0.29, 0.717) is 16.7 Å². The number of hydrogen-bond acceptors (Lipinski definition) is 1. The molecule has 1 aliphatic rings. The summed E-state index contributed by atoms with van der Waals surface area (Å²) in [6, 6.07) is 7.53. The molecule has 0 amide bonds. The van der Waals surface area contributed by atoms with Crippen LogP contribution >= 0.6 is 0 Å². The van der Waals surface area contributed by atoms with Gasteiger partial charge in [0.2, 0.25) is 0 Å². The molecule has 0 spiro atoms. The molecule has 1 aliphatic carbocycles. The van der Waals surface area contributed by atoms with Crippen molar-refractivity contribution in [2.24, 2.45) is 0 Å². The number of aryl methyl sites for hydroxylation is 1. The number of rotatable bonds is 6. The smallest absolute Gasteiger partial charge is 0.403 e. The van der Waals surface area contributed by atoms with E-state index in [-0.39, 0.29) is 24.2 Å². The van der Waals surface area contributed by atoms with Crippen LogP contribution in [0.15, 0.2) is 36.4 Å². The largest absolute Gasteiger partial charge is 0.573 e. The average molecular weight is 396 g/mol. The minimum atomic E-state index is -4.95. The summed E-state index contributed by atoms with van der Waals surface area (Å²) >= 11 is 0. The van der Waals surface area contributed by atoms with Gasteiger partial charge in [0.15, 0.2) is 11.6 Å². The second-order valence-electron chi connectivity index (χ2n) is 6.94. The van der Waals surface area contributed by atoms with Gasteiger partial charge in [0.05, 0.1) is 0 Å². The van der Waals surface area contributed by atoms with Crippen LogP contribution in [0.25, 0.3) is 5.57 Å². The van der Waals surface area contributed by atoms with Gasteiger partial charge in [-0.3, -0.25) is 0 Å². The second-order valence-corrected chi connectivity index (χ2v) is 6.94. The van der Waals surface area contributed by atoms with Crippen LogP contribution in [0.5, 0.6) is 5.75 Å². The molecule has 2 aromatic rings. The first-order valence-electron chi connectivity index (χ1n) is 9.32. The highest BCUT2D eigenvalue weighted by atomic mass is 19.4. The van der Waals surface area contributed by atoms with E-state index in [1.165, 1.54) is 12.1 Å². The highest BCUT2D eigenvalue weighted by Gasteiger charge is 2.33. The summed E-state index contributed by atoms with van der Waals surface area (Å²) in [6.07, 6.45) is 1.07. The Balaban J connectivity index is 1.79. The van der Waals surface area contributed by atoms with Gasteiger partial charge in [0.25, 0.3) is 0 Å². The third kappa shape index (κ3) is 4.72. The molecule has 0 atom stereocenters. The van der Waals surface area contributed by atoms with Crippen molar-refractivity contribution in [2.75, 3.05) is 0 Å². The van der Waals surface area contributed by atoms with Gasteiger partial charge in [-0.05, 0) is 60.1 Å². The molecule has 0 saturated heterocycles. The lowest BCUT2D eigenvalue weighted by Crippen LogP contribution is -2.19. The molecule has 0 heterocycles. The molecule has 2 aromatic carbocycles. The topological polar surface area (TPSA) is 9.23 Å². The van der Waals surface area contributed by atoms with Gasteiger partial charge in [-0.25, -0.2) is 8.78 Å². The fourth-order valence-corrected chi connectivity index (χ4v) is 3.49. The van der Waals surface area contributed by atoms with Crippen molar-refractivity contribution in [3.05, 3.63) is 70.3 Å². The molecule has 0 bridgehead atoms. The molecule has 0 saturated carbocycles. The van der Waals surface area contributed by atoms with Gasteiger partial charge in [-0.15, -0.1) is 13.2 Å². The normalized spacial score (nSPS) is 13.9. The summed E-state index contributed by atoms with van der Waals surface area (Å²) < 4.78 is 69.8. The zero-order valence-electron chi connectivity index (χ0n) is 15.5. The predicted molar refractivity (Wildman–Crippen MR) is 98.1 cm³/mol. The molecule has 6 heteroatoms. The van der Waals surface area contributed by atoms with Crippen LogP contribution in [0.2, 0.25) is 0 Å². The van der Waals surface area contributed by atoms with Crippen LogP contribution in [-0.4, -0.2) is 6.36 Å². The highest BCUT2D eigenvalue weighted by molar-refractivity contribution is 5.71. The van der Waals surface area contributed by atoms with Crippen LogP contribution in [0.3, 0.4) is 0 Å². The Morgan fingerprint density at radius 1 is 1.04 bits per heavy atom. The Kier molecular flexibility index (Phi) is 6.06. The Morgan fingerprint density at radius 3 is 2.50 bits per heavy atom. The van der Waals surface area contributed by atoms with E-state index in [9.17, 15) is 22.0 Å². The van der Waals surface area contributed by atoms with Crippen molar-refractivity contribution in [3.8, 4) is 5.75 Å². The molecule has 0 fully saturated rings. The van der Waals surface area contributed by atoms with Crippen LogP contribution in [0.1, 0.15) is 48.4 Å². The van der Waals surface area contributed by atoms with Crippen molar-refractivity contribution >= 4 is 5.57 Å². The van der Waals surface area contributed by atoms with Gasteiger partial charge in [0, 0.05) is 5.56 Å². The molecule has 28 heavy (non-hydrogen) atoms. The number of halogens is 5. The Labute approximate surface area is 160 Å². The minimum Gasteiger partial charge on any atom is -0.403 e. The molecule has 0 unspecified atom stereocenters. The number of hydrogen-bond donors (Lipinski definition) is 0. The molecule has 3 rings (SSSR count). The zero-order valence-corrected chi connectivity index (χ0v) is 15.5. The van der Waals surface area contributed by atoms with Crippen molar-refractivity contribution < 1.29 is 26.7 Å². The molecular weight excluding hydrogens is 375 g/mol. The fraction of sp³-hybridized carbons (Fsp3) is 0.364. The summed E-state index contributed by atoms with van der Waals surface area (Å²) in [5, 5.41) is 0. The first-order valence-corrected chi connectivity index (χ1v) is 9.32. The van der Waals surface area contributed by atoms with Gasteiger partial charge in [-0.2, -0.15) is 0 Å². The maximum absolute atomic E-state index is 14.6. The molecule has 150 valence electrons. The van der Waals surface area contributed by atoms with E-state index in [0.717, 1.165) is 37.3 Å². The van der Waals surface area contributed by atoms with Crippen molar-refractivity contribution in [2.45, 2.75) is 51.8 Å². The molecular formula is C22H21F5O. The SMILES string of the molecule is CCCCCc1ccc(C2=CCc3c(ccc(OC(F)(F)F)c3F)C2)c(F)c1. The van der Waals surface area contributed by atoms with Crippen LogP contribution in [0, 0.1) is 11.6 Å². The average Bonchev–Trinajstić information content (AvgIpc) is 2.63. The maximum atomic E-state index is 14.6. The second kappa shape index (κ2) is 8.33. The number of allylic oxidation sites excluding steroid dienone is 2. The third-order valence-corrected chi connectivity index (χ3v) is 4.91. The third-order valence-electron chi connectivity index (χ3n) is 4.91. The summed E-state index contributed by atoms with van der Waals surface area (Å²) in [7, 11) is 0. The van der Waals surface area contributed by atoms with Crippen LogP contribution in [-0.2, 0) is 19.3 Å². The Hall–Kier alpha value is -2.37. The molecule has 0 aromatic heterocycles. The highest BCUT2D eigenvalue weighted by Crippen LogP contribution is 2.35. The molecule has 0 aliphatic heterocycles. The van der Waals surface area contributed by atoms with Gasteiger partial charge >= 0.3 is 6.36 Å². The summed E-state index contributed by atoms with van der Waals surface area (Å²) in [4.78, 5) is 0. The van der Waals surface area contributed by atoms with E-state index in [4.69, 9.17) is 0 Å². The van der Waals surface area contributed by atoms with Crippen LogP contribution < -0.4 is 4.74 Å². The first kappa shape index (κ1) is 20.4. The number of benzene rings is 2. The Morgan fingerprint density at radius 2 is 1.82 bits per heavy atom. The van der Waals surface area contributed by atoms with Crippen LogP contribution in [0.4, 0.5) is 22.0 Å². The van der Waals surface area contributed by atoms with E-state index in [2.05, 4.69) is 11.7 Å². The van der Waals surface area contributed by atoms with E-state index in [1.54, 1.807) is 12.1 Å². The summed E-state index contributed by atoms with van der Waals surface area (Å²) in [5.41, 5.74) is 2.78. The number of ether oxygens (including phenoxy) is 1. The lowest BCUT2D eigenvalue weighted by molar-refractivity contribution is -0.275. The number of unbranched alkanes of at least 4 members (excludes halogenated alkanes) is 2. The fourth-order valence-electron chi connectivity index (χ4n) is 3.49. The summed E-state index contributed by atoms with van der Waals surface area (Å²) in [6.45, 7) is 2.11. The number of fused-ring (bicyclic) bond motifs is 1. The van der Waals surface area contributed by atoms with Gasteiger partial charge in [0.1, 0.15) is 5.82 Å². The molecule has 1 nitrogen and oxygen atoms in total. The van der Waals surface area contributed by atoms with Crippen molar-refractivity contribution in [3.63, 3.8) is 0 Å². The summed E-state index contributed by atoms with van der Waals surface area (Å²) in [5.74, 6) is -2.19. The molecule has 0 N–H and O–H groups in total. The van der Waals surface area contributed by atoms with Gasteiger partial charge in [-0.1, -0.05) is 44.0 Å². The molecule has 0 radical (unpaired) electrons. The maximum Gasteiger partial charge on any atom is 0.573 e. The lowest BCUT2D eigenvalue weighted by atomic mass is 9.87. The quantitative estimate of drug-likeness (QED) is 0.386. The lowest BCUT2D eigenvalue weighted by Gasteiger charge is -2.20.